The number of anilines is 1. The van der Waals surface area contributed by atoms with Crippen LogP contribution in [0, 0.1) is 0 Å². The zero-order valence-electron chi connectivity index (χ0n) is 8.16. The van der Waals surface area contributed by atoms with Crippen LogP contribution in [0.2, 0.25) is 0 Å². The fraction of sp³-hybridized carbons (Fsp3) is 0.444. The average molecular weight is 277 g/mol. The Labute approximate surface area is 94.9 Å². The summed E-state index contributed by atoms with van der Waals surface area (Å²) in [5, 5.41) is 3.19. The summed E-state index contributed by atoms with van der Waals surface area (Å²) in [5.41, 5.74) is 0. The van der Waals surface area contributed by atoms with Crippen LogP contribution in [0.1, 0.15) is 6.92 Å². The molecular weight excluding hydrogens is 264 g/mol. The Hall–Kier alpha value is -0.420. The molecule has 3 nitrogen and oxygen atoms in total. The van der Waals surface area contributed by atoms with Crippen LogP contribution in [0.25, 0.3) is 0 Å². The van der Waals surface area contributed by atoms with E-state index in [1.54, 1.807) is 12.5 Å². The maximum Gasteiger partial charge on any atom is 0.140 e. The molecule has 0 bridgehead atoms. The fourth-order valence-corrected chi connectivity index (χ4v) is 2.28. The highest BCUT2D eigenvalue weighted by Crippen LogP contribution is 2.18. The Morgan fingerprint density at radius 1 is 1.71 bits per heavy atom. The molecule has 1 N–H and O–H groups in total. The zero-order chi connectivity index (χ0) is 10.6. The Morgan fingerprint density at radius 3 is 3.00 bits per heavy atom. The molecule has 2 atom stereocenters. The molecule has 1 aromatic rings. The van der Waals surface area contributed by atoms with Gasteiger partial charge in [-0.2, -0.15) is 0 Å². The first kappa shape index (κ1) is 11.7. The van der Waals surface area contributed by atoms with Gasteiger partial charge in [-0.15, -0.1) is 0 Å². The van der Waals surface area contributed by atoms with Crippen LogP contribution in [-0.2, 0) is 10.8 Å². The average Bonchev–Trinajstić information content (AvgIpc) is 2.07. The molecule has 1 heterocycles. The van der Waals surface area contributed by atoms with Gasteiger partial charge < -0.3 is 5.32 Å². The number of nitrogens with zero attached hydrogens (tertiary/aromatic N) is 1. The van der Waals surface area contributed by atoms with Crippen molar-refractivity contribution in [3.8, 4) is 0 Å². The highest BCUT2D eigenvalue weighted by Gasteiger charge is 2.06. The third kappa shape index (κ3) is 3.75. The number of aromatic nitrogens is 1. The van der Waals surface area contributed by atoms with E-state index in [0.29, 0.717) is 5.75 Å². The predicted molar refractivity (Wildman–Crippen MR) is 64.0 cm³/mol. The van der Waals surface area contributed by atoms with Gasteiger partial charge in [0.05, 0.1) is 4.47 Å². The second kappa shape index (κ2) is 5.46. The van der Waals surface area contributed by atoms with Gasteiger partial charge in [-0.3, -0.25) is 4.21 Å². The number of hydrogen-bond acceptors (Lipinski definition) is 3. The molecule has 0 aromatic carbocycles. The van der Waals surface area contributed by atoms with Gasteiger partial charge >= 0.3 is 0 Å². The summed E-state index contributed by atoms with van der Waals surface area (Å²) in [4.78, 5) is 4.17. The number of rotatable bonds is 4. The van der Waals surface area contributed by atoms with Crippen molar-refractivity contribution < 1.29 is 4.21 Å². The van der Waals surface area contributed by atoms with E-state index < -0.39 is 10.8 Å². The maximum atomic E-state index is 11.0. The second-order valence-electron chi connectivity index (χ2n) is 3.12. The summed E-state index contributed by atoms with van der Waals surface area (Å²) in [7, 11) is -0.782. The summed E-state index contributed by atoms with van der Waals surface area (Å²) in [6, 6.07) is 3.94. The van der Waals surface area contributed by atoms with Crippen molar-refractivity contribution in [2.75, 3.05) is 17.3 Å². The first-order valence-corrected chi connectivity index (χ1v) is 6.78. The molecule has 14 heavy (non-hydrogen) atoms. The molecule has 0 aliphatic heterocycles. The molecule has 0 fully saturated rings. The van der Waals surface area contributed by atoms with Crippen LogP contribution in [0.3, 0.4) is 0 Å². The van der Waals surface area contributed by atoms with Gasteiger partial charge in [0, 0.05) is 35.0 Å². The molecule has 0 amide bonds. The third-order valence-corrected chi connectivity index (χ3v) is 3.24. The summed E-state index contributed by atoms with van der Waals surface area (Å²) < 4.78 is 11.9. The van der Waals surface area contributed by atoms with Gasteiger partial charge in [0.2, 0.25) is 0 Å². The minimum absolute atomic E-state index is 0.159. The lowest BCUT2D eigenvalue weighted by atomic mass is 10.4. The minimum atomic E-state index is -0.782. The summed E-state index contributed by atoms with van der Waals surface area (Å²) in [6.45, 7) is 1.99. The van der Waals surface area contributed by atoms with Gasteiger partial charge in [-0.25, -0.2) is 4.98 Å². The van der Waals surface area contributed by atoms with Crippen molar-refractivity contribution in [1.29, 1.82) is 0 Å². The molecule has 0 aliphatic rings. The van der Waals surface area contributed by atoms with Crippen molar-refractivity contribution >= 4 is 32.5 Å². The van der Waals surface area contributed by atoms with Gasteiger partial charge in [0.25, 0.3) is 0 Å². The van der Waals surface area contributed by atoms with Crippen molar-refractivity contribution in [2.24, 2.45) is 0 Å². The topological polar surface area (TPSA) is 42.0 Å². The van der Waals surface area contributed by atoms with Crippen molar-refractivity contribution in [3.63, 3.8) is 0 Å². The minimum Gasteiger partial charge on any atom is -0.366 e. The standard InChI is InChI=1S/C9H13BrN2OS/c1-7(6-14(2)13)12-9-8(10)4-3-5-11-9/h3-5,7H,6H2,1-2H3,(H,11,12). The third-order valence-electron chi connectivity index (χ3n) is 1.63. The van der Waals surface area contributed by atoms with Crippen LogP contribution in [0.5, 0.6) is 0 Å². The predicted octanol–water partition coefficient (Wildman–Crippen LogP) is 2.02. The van der Waals surface area contributed by atoms with Crippen LogP contribution in [-0.4, -0.2) is 27.2 Å². The molecule has 0 saturated carbocycles. The molecule has 1 aromatic heterocycles. The molecule has 5 heteroatoms. The van der Waals surface area contributed by atoms with E-state index in [1.807, 2.05) is 19.1 Å². The number of nitrogens with one attached hydrogen (secondary N) is 1. The van der Waals surface area contributed by atoms with Crippen molar-refractivity contribution in [1.82, 2.24) is 4.98 Å². The molecule has 0 spiro atoms. The molecule has 2 unspecified atom stereocenters. The van der Waals surface area contributed by atoms with Crippen LogP contribution in [0.15, 0.2) is 22.8 Å². The smallest absolute Gasteiger partial charge is 0.140 e. The molecular formula is C9H13BrN2OS. The van der Waals surface area contributed by atoms with E-state index in [0.717, 1.165) is 10.3 Å². The normalized spacial score (nSPS) is 14.8. The molecule has 0 saturated heterocycles. The SMILES string of the molecule is CC(CS(C)=O)Nc1ncccc1Br. The van der Waals surface area contributed by atoms with Crippen LogP contribution < -0.4 is 5.32 Å². The van der Waals surface area contributed by atoms with Gasteiger partial charge in [0.15, 0.2) is 0 Å². The van der Waals surface area contributed by atoms with Crippen LogP contribution >= 0.6 is 15.9 Å². The Kier molecular flexibility index (Phi) is 4.54. The second-order valence-corrected chi connectivity index (χ2v) is 5.45. The largest absolute Gasteiger partial charge is 0.366 e. The fourth-order valence-electron chi connectivity index (χ4n) is 1.12. The highest BCUT2D eigenvalue weighted by atomic mass is 79.9. The Balaban J connectivity index is 2.60. The summed E-state index contributed by atoms with van der Waals surface area (Å²) in [5.74, 6) is 1.42. The zero-order valence-corrected chi connectivity index (χ0v) is 10.6. The van der Waals surface area contributed by atoms with E-state index in [9.17, 15) is 4.21 Å². The molecule has 1 rings (SSSR count). The van der Waals surface area contributed by atoms with Gasteiger partial charge in [-0.1, -0.05) is 0 Å². The van der Waals surface area contributed by atoms with Crippen molar-refractivity contribution in [3.05, 3.63) is 22.8 Å². The monoisotopic (exact) mass is 276 g/mol. The lowest BCUT2D eigenvalue weighted by Crippen LogP contribution is -2.22. The number of pyridine rings is 1. The number of halogens is 1. The maximum absolute atomic E-state index is 11.0. The number of hydrogen-bond donors (Lipinski definition) is 1. The van der Waals surface area contributed by atoms with Crippen molar-refractivity contribution in [2.45, 2.75) is 13.0 Å². The van der Waals surface area contributed by atoms with E-state index in [2.05, 4.69) is 26.2 Å². The summed E-state index contributed by atoms with van der Waals surface area (Å²) >= 11 is 3.39. The van der Waals surface area contributed by atoms with E-state index in [-0.39, 0.29) is 6.04 Å². The molecule has 0 aliphatic carbocycles. The first-order valence-electron chi connectivity index (χ1n) is 4.26. The van der Waals surface area contributed by atoms with Gasteiger partial charge in [-0.05, 0) is 35.0 Å². The van der Waals surface area contributed by atoms with E-state index in [4.69, 9.17) is 0 Å². The molecule has 78 valence electrons. The lowest BCUT2D eigenvalue weighted by Gasteiger charge is -2.13. The Morgan fingerprint density at radius 2 is 2.43 bits per heavy atom. The summed E-state index contributed by atoms with van der Waals surface area (Å²) in [6.07, 6.45) is 3.42. The van der Waals surface area contributed by atoms with E-state index in [1.165, 1.54) is 0 Å². The quantitative estimate of drug-likeness (QED) is 0.915. The highest BCUT2D eigenvalue weighted by molar-refractivity contribution is 9.10. The Bertz CT molecular complexity index is 332. The van der Waals surface area contributed by atoms with E-state index >= 15 is 0 Å². The van der Waals surface area contributed by atoms with Gasteiger partial charge in [0.1, 0.15) is 5.82 Å². The first-order chi connectivity index (χ1) is 6.59. The molecule has 0 radical (unpaired) electrons. The van der Waals surface area contributed by atoms with Crippen LogP contribution in [0.4, 0.5) is 5.82 Å². The lowest BCUT2D eigenvalue weighted by molar-refractivity contribution is 0.683.